The molecule has 1 aromatic carbocycles. The van der Waals surface area contributed by atoms with Gasteiger partial charge in [0.15, 0.2) is 0 Å². The van der Waals surface area contributed by atoms with Crippen molar-refractivity contribution in [2.45, 2.75) is 18.9 Å². The van der Waals surface area contributed by atoms with Crippen molar-refractivity contribution in [2.24, 2.45) is 0 Å². The summed E-state index contributed by atoms with van der Waals surface area (Å²) in [6, 6.07) is 6.22. The molecule has 0 radical (unpaired) electrons. The number of nitrogens with two attached hydrogens (primary N) is 1. The van der Waals surface area contributed by atoms with Crippen LogP contribution in [0.25, 0.3) is 0 Å². The topological polar surface area (TPSA) is 68.0 Å². The Morgan fingerprint density at radius 2 is 2.32 bits per heavy atom. The summed E-state index contributed by atoms with van der Waals surface area (Å²) in [5, 5.41) is 8.75. The molecule has 19 heavy (non-hydrogen) atoms. The fraction of sp³-hybridized carbons (Fsp3) is 0.571. The fourth-order valence-electron chi connectivity index (χ4n) is 2.51. The molecule has 0 aromatic heterocycles. The van der Waals surface area contributed by atoms with E-state index in [1.807, 2.05) is 18.2 Å². The maximum Gasteiger partial charge on any atom is 0.143 e. The lowest BCUT2D eigenvalue weighted by molar-refractivity contribution is 0.0837. The van der Waals surface area contributed by atoms with Crippen molar-refractivity contribution in [1.82, 2.24) is 0 Å². The summed E-state index contributed by atoms with van der Waals surface area (Å²) >= 11 is 0. The van der Waals surface area contributed by atoms with Gasteiger partial charge in [-0.2, -0.15) is 0 Å². The second-order valence-electron chi connectivity index (χ2n) is 4.71. The smallest absolute Gasteiger partial charge is 0.143 e. The van der Waals surface area contributed by atoms with E-state index in [0.717, 1.165) is 25.1 Å². The van der Waals surface area contributed by atoms with Crippen molar-refractivity contribution in [3.63, 3.8) is 0 Å². The van der Waals surface area contributed by atoms with Crippen LogP contribution in [0.5, 0.6) is 5.75 Å². The summed E-state index contributed by atoms with van der Waals surface area (Å²) in [5.74, 6) is 0.708. The first-order valence-corrected chi connectivity index (χ1v) is 6.65. The summed E-state index contributed by atoms with van der Waals surface area (Å²) in [7, 11) is 1.63. The molecule has 3 N–H and O–H groups in total. The van der Waals surface area contributed by atoms with Crippen molar-refractivity contribution in [1.29, 1.82) is 0 Å². The van der Waals surface area contributed by atoms with Gasteiger partial charge in [-0.1, -0.05) is 0 Å². The second-order valence-corrected chi connectivity index (χ2v) is 4.71. The van der Waals surface area contributed by atoms with E-state index in [4.69, 9.17) is 20.3 Å². The van der Waals surface area contributed by atoms with E-state index in [-0.39, 0.29) is 6.61 Å². The molecule has 0 aliphatic carbocycles. The van der Waals surface area contributed by atoms with Gasteiger partial charge in [0.25, 0.3) is 0 Å². The number of methoxy groups -OCH3 is 1. The number of aliphatic hydroxyl groups is 1. The van der Waals surface area contributed by atoms with Crippen LogP contribution >= 0.6 is 0 Å². The zero-order valence-corrected chi connectivity index (χ0v) is 11.3. The second kappa shape index (κ2) is 6.63. The highest BCUT2D eigenvalue weighted by atomic mass is 16.5. The molecule has 0 saturated carbocycles. The third-order valence-corrected chi connectivity index (χ3v) is 3.47. The molecule has 2 rings (SSSR count). The van der Waals surface area contributed by atoms with Crippen LogP contribution in [0.2, 0.25) is 0 Å². The highest BCUT2D eigenvalue weighted by molar-refractivity contribution is 5.63. The summed E-state index contributed by atoms with van der Waals surface area (Å²) in [6.07, 6.45) is 2.26. The SMILES string of the molecule is COc1cc(N2CCCC2COCCO)ccc1N. The number of nitrogens with zero attached hydrogens (tertiary/aromatic N) is 1. The average molecular weight is 266 g/mol. The van der Waals surface area contributed by atoms with Crippen molar-refractivity contribution >= 4 is 11.4 Å². The van der Waals surface area contributed by atoms with Gasteiger partial charge in [-0.25, -0.2) is 0 Å². The minimum atomic E-state index is 0.0718. The molecule has 1 aromatic rings. The number of aliphatic hydroxyl groups excluding tert-OH is 1. The minimum Gasteiger partial charge on any atom is -0.495 e. The van der Waals surface area contributed by atoms with Crippen LogP contribution < -0.4 is 15.4 Å². The van der Waals surface area contributed by atoms with Crippen molar-refractivity contribution in [3.8, 4) is 5.75 Å². The molecule has 1 fully saturated rings. The van der Waals surface area contributed by atoms with Crippen LogP contribution in [0.4, 0.5) is 11.4 Å². The minimum absolute atomic E-state index is 0.0718. The fourth-order valence-corrected chi connectivity index (χ4v) is 2.51. The molecular weight excluding hydrogens is 244 g/mol. The van der Waals surface area contributed by atoms with E-state index in [9.17, 15) is 0 Å². The van der Waals surface area contributed by atoms with E-state index in [1.165, 1.54) is 0 Å². The number of nitrogen functional groups attached to an aromatic ring is 1. The third-order valence-electron chi connectivity index (χ3n) is 3.47. The van der Waals surface area contributed by atoms with Crippen LogP contribution in [-0.4, -0.2) is 44.6 Å². The number of hydrogen-bond donors (Lipinski definition) is 2. The predicted octanol–water partition coefficient (Wildman–Crippen LogP) is 1.26. The molecule has 1 heterocycles. The van der Waals surface area contributed by atoms with Gasteiger partial charge in [0.1, 0.15) is 5.75 Å². The van der Waals surface area contributed by atoms with Gasteiger partial charge in [-0.3, -0.25) is 0 Å². The molecule has 0 amide bonds. The van der Waals surface area contributed by atoms with E-state index >= 15 is 0 Å². The van der Waals surface area contributed by atoms with Crippen LogP contribution in [0, 0.1) is 0 Å². The zero-order chi connectivity index (χ0) is 13.7. The Morgan fingerprint density at radius 1 is 1.47 bits per heavy atom. The Kier molecular flexibility index (Phi) is 4.87. The Balaban J connectivity index is 2.06. The molecule has 106 valence electrons. The monoisotopic (exact) mass is 266 g/mol. The quantitative estimate of drug-likeness (QED) is 0.599. The molecule has 1 saturated heterocycles. The van der Waals surface area contributed by atoms with Gasteiger partial charge in [-0.05, 0) is 25.0 Å². The van der Waals surface area contributed by atoms with E-state index in [0.29, 0.717) is 30.7 Å². The maximum atomic E-state index is 8.75. The van der Waals surface area contributed by atoms with Crippen molar-refractivity contribution in [3.05, 3.63) is 18.2 Å². The Labute approximate surface area is 113 Å². The highest BCUT2D eigenvalue weighted by Crippen LogP contribution is 2.31. The summed E-state index contributed by atoms with van der Waals surface area (Å²) < 4.78 is 10.7. The first-order valence-electron chi connectivity index (χ1n) is 6.65. The first-order chi connectivity index (χ1) is 9.26. The van der Waals surface area contributed by atoms with Crippen LogP contribution in [-0.2, 0) is 4.74 Å². The molecule has 0 spiro atoms. The van der Waals surface area contributed by atoms with Gasteiger partial charge in [-0.15, -0.1) is 0 Å². The zero-order valence-electron chi connectivity index (χ0n) is 11.3. The van der Waals surface area contributed by atoms with E-state index < -0.39 is 0 Å². The summed E-state index contributed by atoms with van der Waals surface area (Å²) in [6.45, 7) is 2.13. The molecule has 1 aliphatic rings. The van der Waals surface area contributed by atoms with E-state index in [2.05, 4.69) is 4.90 Å². The van der Waals surface area contributed by atoms with Gasteiger partial charge in [0.05, 0.1) is 38.7 Å². The number of ether oxygens (including phenoxy) is 2. The van der Waals surface area contributed by atoms with Gasteiger partial charge >= 0.3 is 0 Å². The van der Waals surface area contributed by atoms with Crippen LogP contribution in [0.15, 0.2) is 18.2 Å². The molecule has 1 unspecified atom stereocenters. The summed E-state index contributed by atoms with van der Waals surface area (Å²) in [4.78, 5) is 2.32. The maximum absolute atomic E-state index is 8.75. The molecular formula is C14H22N2O3. The molecule has 5 heteroatoms. The third kappa shape index (κ3) is 3.30. The van der Waals surface area contributed by atoms with Crippen LogP contribution in [0.3, 0.4) is 0 Å². The molecule has 0 bridgehead atoms. The lowest BCUT2D eigenvalue weighted by atomic mass is 10.2. The average Bonchev–Trinajstić information content (AvgIpc) is 2.88. The number of benzene rings is 1. The van der Waals surface area contributed by atoms with Gasteiger partial charge in [0, 0.05) is 18.3 Å². The molecule has 5 nitrogen and oxygen atoms in total. The summed E-state index contributed by atoms with van der Waals surface area (Å²) in [5.41, 5.74) is 7.60. The van der Waals surface area contributed by atoms with Crippen LogP contribution in [0.1, 0.15) is 12.8 Å². The first kappa shape index (κ1) is 14.0. The largest absolute Gasteiger partial charge is 0.495 e. The van der Waals surface area contributed by atoms with Crippen molar-refractivity contribution in [2.75, 3.05) is 44.1 Å². The van der Waals surface area contributed by atoms with Gasteiger partial charge < -0.3 is 25.2 Å². The lowest BCUT2D eigenvalue weighted by Crippen LogP contribution is -2.33. The number of rotatable bonds is 6. The lowest BCUT2D eigenvalue weighted by Gasteiger charge is -2.27. The highest BCUT2D eigenvalue weighted by Gasteiger charge is 2.25. The Hall–Kier alpha value is -1.46. The molecule has 1 aliphatic heterocycles. The molecule has 1 atom stereocenters. The number of anilines is 2. The van der Waals surface area contributed by atoms with Gasteiger partial charge in [0.2, 0.25) is 0 Å². The normalized spacial score (nSPS) is 18.8. The van der Waals surface area contributed by atoms with Crippen molar-refractivity contribution < 1.29 is 14.6 Å². The Morgan fingerprint density at radius 3 is 3.05 bits per heavy atom. The van der Waals surface area contributed by atoms with E-state index in [1.54, 1.807) is 7.11 Å². The number of hydrogen-bond acceptors (Lipinski definition) is 5. The Bertz CT molecular complexity index is 412. The predicted molar refractivity (Wildman–Crippen MR) is 75.7 cm³/mol. The standard InChI is InChI=1S/C14H22N2O3/c1-18-14-9-11(4-5-13(14)15)16-6-2-3-12(16)10-19-8-7-17/h4-5,9,12,17H,2-3,6-8,10,15H2,1H3.